The van der Waals surface area contributed by atoms with Crippen LogP contribution in [0.1, 0.15) is 24.1 Å². The van der Waals surface area contributed by atoms with E-state index in [1.807, 2.05) is 0 Å². The fourth-order valence-electron chi connectivity index (χ4n) is 3.21. The number of benzene rings is 1. The number of aromatic hydroxyl groups is 1. The standard InChI is InChI=1S/C18H18F3N3O3/c1-2-27-16(26)14-10-24(9-13(14)11-4-3-5-12(25)8-11)17-22-7-6-15(23-17)18(19,20)21/h3-8,13-14,25H,2,9-10H2,1H3. The van der Waals surface area contributed by atoms with Crippen molar-refractivity contribution in [3.8, 4) is 5.75 Å². The zero-order chi connectivity index (χ0) is 19.6. The molecular weight excluding hydrogens is 363 g/mol. The van der Waals surface area contributed by atoms with E-state index in [4.69, 9.17) is 4.74 Å². The molecule has 2 aromatic rings. The lowest BCUT2D eigenvalue weighted by Crippen LogP contribution is -2.26. The quantitative estimate of drug-likeness (QED) is 0.821. The van der Waals surface area contributed by atoms with Crippen LogP contribution in [0.2, 0.25) is 0 Å². The zero-order valence-electron chi connectivity index (χ0n) is 14.5. The van der Waals surface area contributed by atoms with Crippen molar-refractivity contribution in [2.75, 3.05) is 24.6 Å². The smallest absolute Gasteiger partial charge is 0.433 e. The van der Waals surface area contributed by atoms with Gasteiger partial charge in [-0.2, -0.15) is 13.2 Å². The molecule has 0 aliphatic carbocycles. The maximum Gasteiger partial charge on any atom is 0.433 e. The van der Waals surface area contributed by atoms with Crippen LogP contribution in [0.5, 0.6) is 5.75 Å². The fraction of sp³-hybridized carbons (Fsp3) is 0.389. The zero-order valence-corrected chi connectivity index (χ0v) is 14.5. The van der Waals surface area contributed by atoms with Crippen molar-refractivity contribution in [3.63, 3.8) is 0 Å². The number of alkyl halides is 3. The van der Waals surface area contributed by atoms with E-state index in [0.29, 0.717) is 5.56 Å². The minimum atomic E-state index is -4.58. The van der Waals surface area contributed by atoms with Gasteiger partial charge in [0.15, 0.2) is 0 Å². The number of carbonyl (C=O) groups excluding carboxylic acids is 1. The van der Waals surface area contributed by atoms with Crippen LogP contribution in [0.3, 0.4) is 0 Å². The van der Waals surface area contributed by atoms with Crippen molar-refractivity contribution in [2.24, 2.45) is 5.92 Å². The van der Waals surface area contributed by atoms with Gasteiger partial charge in [0.05, 0.1) is 12.5 Å². The van der Waals surface area contributed by atoms with Crippen LogP contribution in [0.15, 0.2) is 36.5 Å². The maximum atomic E-state index is 12.9. The Kier molecular flexibility index (Phi) is 5.20. The Balaban J connectivity index is 1.92. The summed E-state index contributed by atoms with van der Waals surface area (Å²) in [6.45, 7) is 2.24. The summed E-state index contributed by atoms with van der Waals surface area (Å²) in [4.78, 5) is 21.5. The van der Waals surface area contributed by atoms with Gasteiger partial charge in [0.1, 0.15) is 11.4 Å². The van der Waals surface area contributed by atoms with Crippen LogP contribution < -0.4 is 4.90 Å². The van der Waals surface area contributed by atoms with E-state index in [2.05, 4.69) is 9.97 Å². The van der Waals surface area contributed by atoms with Gasteiger partial charge < -0.3 is 14.7 Å². The van der Waals surface area contributed by atoms with Gasteiger partial charge in [-0.05, 0) is 30.7 Å². The molecule has 2 atom stereocenters. The highest BCUT2D eigenvalue weighted by molar-refractivity contribution is 5.76. The lowest BCUT2D eigenvalue weighted by atomic mass is 9.89. The Morgan fingerprint density at radius 1 is 1.33 bits per heavy atom. The second-order valence-electron chi connectivity index (χ2n) is 6.20. The predicted molar refractivity (Wildman–Crippen MR) is 90.2 cm³/mol. The lowest BCUT2D eigenvalue weighted by molar-refractivity contribution is -0.147. The molecule has 27 heavy (non-hydrogen) atoms. The van der Waals surface area contributed by atoms with Gasteiger partial charge >= 0.3 is 12.1 Å². The molecular formula is C18H18F3N3O3. The molecule has 1 aliphatic heterocycles. The first-order valence-corrected chi connectivity index (χ1v) is 8.40. The molecule has 1 aromatic carbocycles. The third kappa shape index (κ3) is 4.12. The molecule has 6 nitrogen and oxygen atoms in total. The van der Waals surface area contributed by atoms with Crippen LogP contribution in [0, 0.1) is 5.92 Å². The number of hydrogen-bond donors (Lipinski definition) is 1. The summed E-state index contributed by atoms with van der Waals surface area (Å²) in [6.07, 6.45) is -3.53. The van der Waals surface area contributed by atoms with Crippen molar-refractivity contribution >= 4 is 11.9 Å². The molecule has 1 aliphatic rings. The third-order valence-corrected chi connectivity index (χ3v) is 4.42. The molecule has 144 valence electrons. The highest BCUT2D eigenvalue weighted by Gasteiger charge is 2.41. The summed E-state index contributed by atoms with van der Waals surface area (Å²) in [7, 11) is 0. The first-order valence-electron chi connectivity index (χ1n) is 8.40. The monoisotopic (exact) mass is 381 g/mol. The Morgan fingerprint density at radius 2 is 2.11 bits per heavy atom. The summed E-state index contributed by atoms with van der Waals surface area (Å²) < 4.78 is 43.9. The van der Waals surface area contributed by atoms with E-state index in [1.165, 1.54) is 17.0 Å². The van der Waals surface area contributed by atoms with Crippen molar-refractivity contribution in [3.05, 3.63) is 47.8 Å². The van der Waals surface area contributed by atoms with Gasteiger partial charge in [-0.3, -0.25) is 4.79 Å². The minimum absolute atomic E-state index is 0.0453. The van der Waals surface area contributed by atoms with E-state index < -0.39 is 23.8 Å². The van der Waals surface area contributed by atoms with Crippen LogP contribution in [0.4, 0.5) is 19.1 Å². The van der Waals surface area contributed by atoms with Crippen LogP contribution >= 0.6 is 0 Å². The number of carbonyl (C=O) groups is 1. The van der Waals surface area contributed by atoms with Gasteiger partial charge in [0, 0.05) is 25.2 Å². The number of esters is 1. The van der Waals surface area contributed by atoms with E-state index in [1.54, 1.807) is 19.1 Å². The third-order valence-electron chi connectivity index (χ3n) is 4.42. The molecule has 1 N–H and O–H groups in total. The van der Waals surface area contributed by atoms with Crippen molar-refractivity contribution < 1.29 is 27.8 Å². The number of rotatable bonds is 4. The molecule has 1 saturated heterocycles. The Morgan fingerprint density at radius 3 is 2.78 bits per heavy atom. The predicted octanol–water partition coefficient (Wildman–Crippen LogP) is 2.98. The Labute approximate surface area is 153 Å². The summed E-state index contributed by atoms with van der Waals surface area (Å²) in [5.41, 5.74) is -0.344. The highest BCUT2D eigenvalue weighted by atomic mass is 19.4. The summed E-state index contributed by atoms with van der Waals surface area (Å²) in [6, 6.07) is 7.25. The Bertz CT molecular complexity index is 829. The molecule has 0 radical (unpaired) electrons. The molecule has 0 bridgehead atoms. The molecule has 0 saturated carbocycles. The lowest BCUT2D eigenvalue weighted by Gasteiger charge is -2.17. The van der Waals surface area contributed by atoms with Gasteiger partial charge in [-0.15, -0.1) is 0 Å². The highest BCUT2D eigenvalue weighted by Crippen LogP contribution is 2.37. The molecule has 2 heterocycles. The van der Waals surface area contributed by atoms with Gasteiger partial charge in [0.25, 0.3) is 0 Å². The average molecular weight is 381 g/mol. The topological polar surface area (TPSA) is 75.5 Å². The fourth-order valence-corrected chi connectivity index (χ4v) is 3.21. The Hall–Kier alpha value is -2.84. The van der Waals surface area contributed by atoms with E-state index >= 15 is 0 Å². The van der Waals surface area contributed by atoms with Crippen molar-refractivity contribution in [1.82, 2.24) is 9.97 Å². The summed E-state index contributed by atoms with van der Waals surface area (Å²) in [5.74, 6) is -1.47. The number of hydrogen-bond acceptors (Lipinski definition) is 6. The van der Waals surface area contributed by atoms with Crippen LogP contribution in [-0.4, -0.2) is 40.7 Å². The van der Waals surface area contributed by atoms with E-state index in [9.17, 15) is 23.1 Å². The molecule has 9 heteroatoms. The van der Waals surface area contributed by atoms with E-state index in [0.717, 1.165) is 12.3 Å². The van der Waals surface area contributed by atoms with Gasteiger partial charge in [-0.25, -0.2) is 9.97 Å². The minimum Gasteiger partial charge on any atom is -0.508 e. The number of phenols is 1. The average Bonchev–Trinajstić information content (AvgIpc) is 3.07. The SMILES string of the molecule is CCOC(=O)C1CN(c2nccc(C(F)(F)F)n2)CC1c1cccc(O)c1. The summed E-state index contributed by atoms with van der Waals surface area (Å²) >= 11 is 0. The summed E-state index contributed by atoms with van der Waals surface area (Å²) in [5, 5.41) is 9.73. The number of nitrogens with zero attached hydrogens (tertiary/aromatic N) is 3. The van der Waals surface area contributed by atoms with Crippen LogP contribution in [0.25, 0.3) is 0 Å². The molecule has 2 unspecified atom stereocenters. The molecule has 3 rings (SSSR count). The first-order chi connectivity index (χ1) is 12.8. The maximum absolute atomic E-state index is 12.9. The number of anilines is 1. The van der Waals surface area contributed by atoms with Crippen molar-refractivity contribution in [1.29, 1.82) is 0 Å². The number of halogens is 3. The second kappa shape index (κ2) is 7.42. The number of ether oxygens (including phenoxy) is 1. The van der Waals surface area contributed by atoms with Gasteiger partial charge in [-0.1, -0.05) is 12.1 Å². The van der Waals surface area contributed by atoms with Gasteiger partial charge in [0.2, 0.25) is 5.95 Å². The van der Waals surface area contributed by atoms with Crippen molar-refractivity contribution in [2.45, 2.75) is 19.0 Å². The molecule has 1 aromatic heterocycles. The van der Waals surface area contributed by atoms with Crippen LogP contribution in [-0.2, 0) is 15.7 Å². The molecule has 1 fully saturated rings. The second-order valence-corrected chi connectivity index (χ2v) is 6.20. The van der Waals surface area contributed by atoms with E-state index in [-0.39, 0.29) is 37.3 Å². The molecule has 0 spiro atoms. The largest absolute Gasteiger partial charge is 0.508 e. The number of phenolic OH excluding ortho intramolecular Hbond substituents is 1. The number of aromatic nitrogens is 2. The molecule has 0 amide bonds. The normalized spacial score (nSPS) is 19.9. The first kappa shape index (κ1) is 18.9.